The van der Waals surface area contributed by atoms with Crippen molar-refractivity contribution in [2.75, 3.05) is 0 Å². The van der Waals surface area contributed by atoms with Crippen LogP contribution in [0, 0.1) is 13.8 Å². The number of aryl methyl sites for hydroxylation is 2. The molecule has 0 spiro atoms. The quantitative estimate of drug-likeness (QED) is 0.649. The summed E-state index contributed by atoms with van der Waals surface area (Å²) in [5.74, 6) is 0.832. The van der Waals surface area contributed by atoms with E-state index in [2.05, 4.69) is 88.1 Å². The number of unbranched alkanes of at least 4 members (excludes halogenated alkanes) is 1. The molecule has 3 nitrogen and oxygen atoms in total. The first-order valence-electron chi connectivity index (χ1n) is 10.3. The summed E-state index contributed by atoms with van der Waals surface area (Å²) in [4.78, 5) is 8.76. The van der Waals surface area contributed by atoms with E-state index in [0.29, 0.717) is 12.1 Å². The minimum absolute atomic E-state index is 0.625. The Labute approximate surface area is 168 Å². The van der Waals surface area contributed by atoms with Gasteiger partial charge in [0, 0.05) is 17.8 Å². The van der Waals surface area contributed by atoms with Crippen molar-refractivity contribution in [3.05, 3.63) is 53.2 Å². The molecule has 0 amide bonds. The van der Waals surface area contributed by atoms with E-state index in [1.807, 2.05) is 19.9 Å². The highest BCUT2D eigenvalue weighted by Gasteiger charge is 2.04. The van der Waals surface area contributed by atoms with Crippen LogP contribution in [0.2, 0.25) is 0 Å². The van der Waals surface area contributed by atoms with E-state index in [1.54, 1.807) is 0 Å². The highest BCUT2D eigenvalue weighted by Crippen LogP contribution is 2.19. The molecule has 1 heterocycles. The Kier molecular flexibility index (Phi) is 13.4. The molecule has 0 unspecified atom stereocenters. The Morgan fingerprint density at radius 2 is 1.48 bits per heavy atom. The van der Waals surface area contributed by atoms with Crippen LogP contribution in [0.1, 0.15) is 84.9 Å². The predicted molar refractivity (Wildman–Crippen MR) is 121 cm³/mol. The van der Waals surface area contributed by atoms with Crippen LogP contribution >= 0.6 is 0 Å². The molecule has 1 aromatic rings. The zero-order valence-electron chi connectivity index (χ0n) is 19.1. The number of hydrogen-bond donors (Lipinski definition) is 1. The Hall–Kier alpha value is -1.74. The smallest absolute Gasteiger partial charge is 0.126 e. The Balaban J connectivity index is 0.000000514. The lowest BCUT2D eigenvalue weighted by Gasteiger charge is -2.10. The van der Waals surface area contributed by atoms with Crippen molar-refractivity contribution in [3.8, 4) is 0 Å². The van der Waals surface area contributed by atoms with Crippen LogP contribution in [0.25, 0.3) is 5.57 Å². The molecule has 0 atom stereocenters. The van der Waals surface area contributed by atoms with Crippen LogP contribution in [0.4, 0.5) is 0 Å². The van der Waals surface area contributed by atoms with Crippen LogP contribution < -0.4 is 5.32 Å². The van der Waals surface area contributed by atoms with Gasteiger partial charge in [-0.05, 0) is 38.8 Å². The number of nitrogens with zero attached hydrogens (tertiary/aromatic N) is 2. The van der Waals surface area contributed by atoms with Gasteiger partial charge in [-0.25, -0.2) is 9.97 Å². The van der Waals surface area contributed by atoms with Gasteiger partial charge in [0.1, 0.15) is 5.82 Å². The number of hydrogen-bond acceptors (Lipinski definition) is 3. The van der Waals surface area contributed by atoms with Gasteiger partial charge in [0.2, 0.25) is 0 Å². The van der Waals surface area contributed by atoms with Gasteiger partial charge in [-0.15, -0.1) is 0 Å². The zero-order valence-corrected chi connectivity index (χ0v) is 19.1. The van der Waals surface area contributed by atoms with Gasteiger partial charge in [0.15, 0.2) is 0 Å². The van der Waals surface area contributed by atoms with E-state index >= 15 is 0 Å². The van der Waals surface area contributed by atoms with Crippen LogP contribution in [-0.2, 0) is 0 Å². The number of nitrogens with one attached hydrogen (secondary N) is 1. The molecule has 27 heavy (non-hydrogen) atoms. The molecule has 1 aliphatic carbocycles. The molecular weight excluding hydrogens is 330 g/mol. The zero-order chi connectivity index (χ0) is 20.8. The first-order chi connectivity index (χ1) is 12.7. The molecule has 0 aliphatic heterocycles. The molecule has 0 radical (unpaired) electrons. The van der Waals surface area contributed by atoms with E-state index < -0.39 is 0 Å². The second kappa shape index (κ2) is 14.3. The monoisotopic (exact) mass is 371 g/mol. The van der Waals surface area contributed by atoms with E-state index in [1.165, 1.54) is 24.0 Å². The summed E-state index contributed by atoms with van der Waals surface area (Å²) in [5.41, 5.74) is 4.52. The van der Waals surface area contributed by atoms with Gasteiger partial charge >= 0.3 is 0 Å². The van der Waals surface area contributed by atoms with Crippen molar-refractivity contribution in [3.63, 3.8) is 0 Å². The van der Waals surface area contributed by atoms with Crippen LogP contribution in [-0.4, -0.2) is 22.1 Å². The third kappa shape index (κ3) is 13.1. The average molecular weight is 372 g/mol. The maximum atomic E-state index is 4.47. The Bertz CT molecular complexity index is 594. The molecule has 0 saturated heterocycles. The fourth-order valence-corrected chi connectivity index (χ4v) is 2.45. The first-order valence-corrected chi connectivity index (χ1v) is 10.3. The summed E-state index contributed by atoms with van der Waals surface area (Å²) < 4.78 is 0. The summed E-state index contributed by atoms with van der Waals surface area (Å²) in [7, 11) is 0. The normalized spacial score (nSPS) is 13.1. The predicted octanol–water partition coefficient (Wildman–Crippen LogP) is 6.58. The summed E-state index contributed by atoms with van der Waals surface area (Å²) >= 11 is 0. The Morgan fingerprint density at radius 1 is 0.889 bits per heavy atom. The maximum absolute atomic E-state index is 4.47. The lowest BCUT2D eigenvalue weighted by Crippen LogP contribution is -2.29. The van der Waals surface area contributed by atoms with E-state index in [4.69, 9.17) is 0 Å². The molecule has 152 valence electrons. The van der Waals surface area contributed by atoms with Crippen molar-refractivity contribution in [1.29, 1.82) is 0 Å². The van der Waals surface area contributed by atoms with E-state index in [9.17, 15) is 0 Å². The number of aromatic nitrogens is 2. The summed E-state index contributed by atoms with van der Waals surface area (Å²) in [6, 6.07) is 3.28. The molecular formula is C24H41N3. The minimum Gasteiger partial charge on any atom is -0.312 e. The van der Waals surface area contributed by atoms with Gasteiger partial charge in [-0.1, -0.05) is 84.3 Å². The number of allylic oxidation sites excluding steroid dienone is 6. The van der Waals surface area contributed by atoms with E-state index in [-0.39, 0.29) is 0 Å². The highest BCUT2D eigenvalue weighted by molar-refractivity contribution is 5.73. The molecule has 0 saturated carbocycles. The van der Waals surface area contributed by atoms with Crippen molar-refractivity contribution in [2.24, 2.45) is 0 Å². The van der Waals surface area contributed by atoms with Crippen LogP contribution in [0.5, 0.6) is 0 Å². The van der Waals surface area contributed by atoms with Gasteiger partial charge < -0.3 is 5.32 Å². The van der Waals surface area contributed by atoms with Gasteiger partial charge in [0.25, 0.3) is 0 Å². The molecule has 1 aromatic heterocycles. The summed E-state index contributed by atoms with van der Waals surface area (Å²) in [6.07, 6.45) is 12.3. The highest BCUT2D eigenvalue weighted by atomic mass is 14.9. The van der Waals surface area contributed by atoms with Crippen molar-refractivity contribution in [1.82, 2.24) is 15.3 Å². The molecule has 2 rings (SSSR count). The lowest BCUT2D eigenvalue weighted by molar-refractivity contribution is 0.518. The standard InChI is InChI=1S/C14H16N2.C6H15N.C4H10/c1-10-5-4-6-13(8-7-10)14-9-11(2)15-12(3)16-14;1-5(2)7-6(3)4;1-3-4-2/h5-9H,4H2,1-3H3;5-7H,1-4H3;3-4H2,1-2H3. The molecule has 1 N–H and O–H groups in total. The minimum atomic E-state index is 0.625. The van der Waals surface area contributed by atoms with Crippen LogP contribution in [0.3, 0.4) is 0 Å². The maximum Gasteiger partial charge on any atom is 0.126 e. The fraction of sp³-hybridized carbons (Fsp3) is 0.583. The summed E-state index contributed by atoms with van der Waals surface area (Å²) in [6.45, 7) is 19.0. The molecule has 0 aromatic carbocycles. The average Bonchev–Trinajstić information content (AvgIpc) is 2.78. The SMILES string of the molecule is CC(C)NC(C)C.CC1=CCC=C(c2cc(C)nc(C)n2)C=C1.CCCC. The van der Waals surface area contributed by atoms with Gasteiger partial charge in [-0.2, -0.15) is 0 Å². The summed E-state index contributed by atoms with van der Waals surface area (Å²) in [5, 5.41) is 3.31. The van der Waals surface area contributed by atoms with Crippen molar-refractivity contribution in [2.45, 2.75) is 93.7 Å². The Morgan fingerprint density at radius 3 is 1.93 bits per heavy atom. The van der Waals surface area contributed by atoms with Crippen LogP contribution in [0.15, 0.2) is 35.9 Å². The lowest BCUT2D eigenvalue weighted by atomic mass is 10.1. The molecule has 0 bridgehead atoms. The third-order valence-electron chi connectivity index (χ3n) is 3.73. The topological polar surface area (TPSA) is 37.8 Å². The van der Waals surface area contributed by atoms with Crippen molar-refractivity contribution < 1.29 is 0 Å². The fourth-order valence-electron chi connectivity index (χ4n) is 2.45. The third-order valence-corrected chi connectivity index (χ3v) is 3.73. The van der Waals surface area contributed by atoms with Gasteiger partial charge in [-0.3, -0.25) is 0 Å². The largest absolute Gasteiger partial charge is 0.312 e. The molecule has 0 fully saturated rings. The molecule has 3 heteroatoms. The number of rotatable bonds is 4. The van der Waals surface area contributed by atoms with Crippen molar-refractivity contribution >= 4 is 5.57 Å². The van der Waals surface area contributed by atoms with E-state index in [0.717, 1.165) is 23.6 Å². The molecule has 1 aliphatic rings. The second-order valence-electron chi connectivity index (χ2n) is 7.59. The first kappa shape index (κ1) is 25.3. The van der Waals surface area contributed by atoms with Gasteiger partial charge in [0.05, 0.1) is 5.69 Å². The second-order valence-corrected chi connectivity index (χ2v) is 7.59.